The summed E-state index contributed by atoms with van der Waals surface area (Å²) in [5.41, 5.74) is 3.70. The van der Waals surface area contributed by atoms with E-state index in [0.717, 1.165) is 42.9 Å². The highest BCUT2D eigenvalue weighted by atomic mass is 16.5. The van der Waals surface area contributed by atoms with Crippen LogP contribution in [0.15, 0.2) is 6.20 Å². The normalized spacial score (nSPS) is 14.1. The van der Waals surface area contributed by atoms with Gasteiger partial charge in [0.2, 0.25) is 0 Å². The molecule has 1 unspecified atom stereocenters. The van der Waals surface area contributed by atoms with Crippen LogP contribution in [0.25, 0.3) is 0 Å². The van der Waals surface area contributed by atoms with Gasteiger partial charge in [0.05, 0.1) is 7.11 Å². The number of nitrogens with one attached hydrogen (secondary N) is 1. The van der Waals surface area contributed by atoms with Crippen LogP contribution in [0.2, 0.25) is 0 Å². The van der Waals surface area contributed by atoms with Crippen LogP contribution >= 0.6 is 0 Å². The summed E-state index contributed by atoms with van der Waals surface area (Å²) in [7, 11) is 1.74. The van der Waals surface area contributed by atoms with Gasteiger partial charge >= 0.3 is 0 Å². The van der Waals surface area contributed by atoms with Gasteiger partial charge in [0.15, 0.2) is 0 Å². The maximum atomic E-state index is 5.51. The van der Waals surface area contributed by atoms with Gasteiger partial charge in [-0.3, -0.25) is 4.98 Å². The first-order chi connectivity index (χ1) is 9.47. The smallest absolute Gasteiger partial charge is 0.128 e. The summed E-state index contributed by atoms with van der Waals surface area (Å²) in [6.07, 6.45) is 5.23. The minimum atomic E-state index is 0.243. The van der Waals surface area contributed by atoms with Gasteiger partial charge < -0.3 is 10.1 Å². The zero-order valence-electron chi connectivity index (χ0n) is 14.0. The third kappa shape index (κ3) is 4.20. The highest BCUT2D eigenvalue weighted by Gasteiger charge is 2.24. The van der Waals surface area contributed by atoms with Crippen molar-refractivity contribution in [1.29, 1.82) is 0 Å². The monoisotopic (exact) mass is 278 g/mol. The molecule has 0 saturated carbocycles. The number of aromatic nitrogens is 1. The molecule has 0 aliphatic rings. The van der Waals surface area contributed by atoms with E-state index >= 15 is 0 Å². The standard InChI is InChI=1S/C17H30N2O/c1-7-9-18-12-17(5,8-2)10-15-14(4)16(20-6)13(3)11-19-15/h11,18H,7-10,12H2,1-6H3. The molecule has 0 spiro atoms. The second-order valence-electron chi connectivity index (χ2n) is 6.06. The second kappa shape index (κ2) is 7.63. The summed E-state index contributed by atoms with van der Waals surface area (Å²) >= 11 is 0. The molecule has 0 amide bonds. The first-order valence-corrected chi connectivity index (χ1v) is 7.67. The van der Waals surface area contributed by atoms with Gasteiger partial charge in [-0.25, -0.2) is 0 Å². The largest absolute Gasteiger partial charge is 0.496 e. The van der Waals surface area contributed by atoms with Crippen LogP contribution in [-0.4, -0.2) is 25.2 Å². The van der Waals surface area contributed by atoms with Crippen LogP contribution in [0.1, 0.15) is 50.4 Å². The van der Waals surface area contributed by atoms with E-state index in [4.69, 9.17) is 4.74 Å². The third-order valence-corrected chi connectivity index (χ3v) is 4.18. The zero-order valence-corrected chi connectivity index (χ0v) is 14.0. The van der Waals surface area contributed by atoms with Gasteiger partial charge in [-0.2, -0.15) is 0 Å². The predicted octanol–water partition coefficient (Wildman–Crippen LogP) is 3.67. The van der Waals surface area contributed by atoms with Gasteiger partial charge in [-0.15, -0.1) is 0 Å². The molecule has 1 atom stereocenters. The molecule has 114 valence electrons. The van der Waals surface area contributed by atoms with E-state index in [9.17, 15) is 0 Å². The molecule has 3 heteroatoms. The van der Waals surface area contributed by atoms with Crippen molar-refractivity contribution in [2.24, 2.45) is 5.41 Å². The molecule has 1 aromatic heterocycles. The van der Waals surface area contributed by atoms with Crippen LogP contribution in [-0.2, 0) is 6.42 Å². The fraction of sp³-hybridized carbons (Fsp3) is 0.706. The maximum Gasteiger partial charge on any atom is 0.128 e. The first kappa shape index (κ1) is 17.0. The van der Waals surface area contributed by atoms with Crippen LogP contribution < -0.4 is 10.1 Å². The minimum absolute atomic E-state index is 0.243. The molecule has 20 heavy (non-hydrogen) atoms. The molecule has 1 rings (SSSR count). The summed E-state index contributed by atoms with van der Waals surface area (Å²) in [6, 6.07) is 0. The van der Waals surface area contributed by atoms with Crippen molar-refractivity contribution < 1.29 is 4.74 Å². The minimum Gasteiger partial charge on any atom is -0.496 e. The van der Waals surface area contributed by atoms with Crippen molar-refractivity contribution in [2.45, 2.75) is 53.9 Å². The molecule has 0 aromatic carbocycles. The zero-order chi connectivity index (χ0) is 15.2. The lowest BCUT2D eigenvalue weighted by Gasteiger charge is -2.29. The third-order valence-electron chi connectivity index (χ3n) is 4.18. The summed E-state index contributed by atoms with van der Waals surface area (Å²) in [5, 5.41) is 3.55. The average molecular weight is 278 g/mol. The summed E-state index contributed by atoms with van der Waals surface area (Å²) in [4.78, 5) is 4.64. The van der Waals surface area contributed by atoms with Gasteiger partial charge in [0, 0.05) is 29.6 Å². The van der Waals surface area contributed by atoms with E-state index in [-0.39, 0.29) is 5.41 Å². The topological polar surface area (TPSA) is 34.2 Å². The molecular formula is C17H30N2O. The van der Waals surface area contributed by atoms with Crippen LogP contribution in [0.5, 0.6) is 5.75 Å². The average Bonchev–Trinajstić information content (AvgIpc) is 2.43. The lowest BCUT2D eigenvalue weighted by atomic mass is 9.81. The molecule has 0 bridgehead atoms. The number of hydrogen-bond acceptors (Lipinski definition) is 3. The van der Waals surface area contributed by atoms with Gasteiger partial charge in [0.25, 0.3) is 0 Å². The van der Waals surface area contributed by atoms with Gasteiger partial charge in [0.1, 0.15) is 5.75 Å². The van der Waals surface area contributed by atoms with Crippen molar-refractivity contribution in [3.8, 4) is 5.75 Å². The first-order valence-electron chi connectivity index (χ1n) is 7.67. The molecule has 1 aromatic rings. The van der Waals surface area contributed by atoms with E-state index in [1.54, 1.807) is 7.11 Å². The second-order valence-corrected chi connectivity index (χ2v) is 6.06. The molecule has 1 N–H and O–H groups in total. The number of aryl methyl sites for hydroxylation is 1. The SMILES string of the molecule is CCCNCC(C)(CC)Cc1ncc(C)c(OC)c1C. The van der Waals surface area contributed by atoms with Crippen LogP contribution in [0.4, 0.5) is 0 Å². The lowest BCUT2D eigenvalue weighted by Crippen LogP contribution is -2.34. The van der Waals surface area contributed by atoms with Crippen molar-refractivity contribution in [1.82, 2.24) is 10.3 Å². The molecule has 0 aliphatic carbocycles. The Balaban J connectivity index is 2.89. The van der Waals surface area contributed by atoms with Crippen molar-refractivity contribution >= 4 is 0 Å². The van der Waals surface area contributed by atoms with E-state index in [2.05, 4.69) is 38.0 Å². The number of methoxy groups -OCH3 is 1. The Morgan fingerprint density at radius 2 is 2.00 bits per heavy atom. The molecule has 0 aliphatic heterocycles. The molecule has 0 saturated heterocycles. The van der Waals surface area contributed by atoms with Crippen LogP contribution in [0.3, 0.4) is 0 Å². The van der Waals surface area contributed by atoms with Gasteiger partial charge in [-0.1, -0.05) is 20.8 Å². The molecule has 0 fully saturated rings. The Kier molecular flexibility index (Phi) is 6.47. The highest BCUT2D eigenvalue weighted by Crippen LogP contribution is 2.30. The van der Waals surface area contributed by atoms with Crippen LogP contribution in [0, 0.1) is 19.3 Å². The number of ether oxygens (including phenoxy) is 1. The fourth-order valence-electron chi connectivity index (χ4n) is 2.53. The molecule has 1 heterocycles. The maximum absolute atomic E-state index is 5.51. The number of rotatable bonds is 8. The summed E-state index contributed by atoms with van der Waals surface area (Å²) in [6.45, 7) is 13.1. The van der Waals surface area contributed by atoms with E-state index in [0.29, 0.717) is 0 Å². The summed E-state index contributed by atoms with van der Waals surface area (Å²) < 4.78 is 5.51. The Hall–Kier alpha value is -1.09. The van der Waals surface area contributed by atoms with E-state index in [1.807, 2.05) is 13.1 Å². The fourth-order valence-corrected chi connectivity index (χ4v) is 2.53. The van der Waals surface area contributed by atoms with Gasteiger partial charge in [-0.05, 0) is 45.1 Å². The summed E-state index contributed by atoms with van der Waals surface area (Å²) in [5.74, 6) is 0.981. The number of hydrogen-bond donors (Lipinski definition) is 1. The molecule has 3 nitrogen and oxygen atoms in total. The predicted molar refractivity (Wildman–Crippen MR) is 85.5 cm³/mol. The molecular weight excluding hydrogens is 248 g/mol. The Labute approximate surface area is 124 Å². The van der Waals surface area contributed by atoms with Crippen molar-refractivity contribution in [3.63, 3.8) is 0 Å². The quantitative estimate of drug-likeness (QED) is 0.737. The van der Waals surface area contributed by atoms with Crippen molar-refractivity contribution in [2.75, 3.05) is 20.2 Å². The van der Waals surface area contributed by atoms with E-state index < -0.39 is 0 Å². The number of pyridine rings is 1. The Morgan fingerprint density at radius 1 is 1.30 bits per heavy atom. The Bertz CT molecular complexity index is 431. The number of nitrogens with zero attached hydrogens (tertiary/aromatic N) is 1. The van der Waals surface area contributed by atoms with E-state index in [1.165, 1.54) is 12.0 Å². The highest BCUT2D eigenvalue weighted by molar-refractivity contribution is 5.41. The molecule has 0 radical (unpaired) electrons. The van der Waals surface area contributed by atoms with Crippen molar-refractivity contribution in [3.05, 3.63) is 23.0 Å². The Morgan fingerprint density at radius 3 is 2.55 bits per heavy atom. The lowest BCUT2D eigenvalue weighted by molar-refractivity contribution is 0.287.